The average Bonchev–Trinajstić information content (AvgIpc) is 3.32. The summed E-state index contributed by atoms with van der Waals surface area (Å²) in [4.78, 5) is 30.8. The molecule has 1 amide bonds. The zero-order chi connectivity index (χ0) is 24.2. The number of amides is 1. The van der Waals surface area contributed by atoms with E-state index >= 15 is 0 Å². The Labute approximate surface area is 205 Å². The maximum atomic E-state index is 13.2. The highest BCUT2D eigenvalue weighted by Gasteiger charge is 2.14. The molecule has 0 atom stereocenters. The fourth-order valence-electron chi connectivity index (χ4n) is 3.96. The van der Waals surface area contributed by atoms with Gasteiger partial charge in [0.2, 0.25) is 0 Å². The van der Waals surface area contributed by atoms with Crippen LogP contribution in [0.15, 0.2) is 88.3 Å². The molecule has 7 nitrogen and oxygen atoms in total. The van der Waals surface area contributed by atoms with Crippen molar-refractivity contribution in [3.63, 3.8) is 0 Å². The SMILES string of the molecule is CCOc1ccc2ccccc2c1/C=N/NC(=O)Cn1cnc2scc(-c3ccccc3)c2c1=O. The Bertz CT molecular complexity index is 1610. The summed E-state index contributed by atoms with van der Waals surface area (Å²) >= 11 is 1.41. The minimum absolute atomic E-state index is 0.197. The van der Waals surface area contributed by atoms with E-state index in [2.05, 4.69) is 15.5 Å². The molecule has 5 aromatic rings. The van der Waals surface area contributed by atoms with E-state index in [1.54, 1.807) is 6.21 Å². The van der Waals surface area contributed by atoms with Crippen LogP contribution in [-0.2, 0) is 11.3 Å². The smallest absolute Gasteiger partial charge is 0.263 e. The number of hydrazone groups is 1. The summed E-state index contributed by atoms with van der Waals surface area (Å²) < 4.78 is 7.04. The summed E-state index contributed by atoms with van der Waals surface area (Å²) in [6, 6.07) is 21.4. The molecule has 0 spiro atoms. The van der Waals surface area contributed by atoms with Crippen LogP contribution < -0.4 is 15.7 Å². The minimum Gasteiger partial charge on any atom is -0.493 e. The topological polar surface area (TPSA) is 85.6 Å². The molecule has 0 fully saturated rings. The van der Waals surface area contributed by atoms with E-state index in [9.17, 15) is 9.59 Å². The van der Waals surface area contributed by atoms with Gasteiger partial charge in [-0.2, -0.15) is 5.10 Å². The van der Waals surface area contributed by atoms with Crippen LogP contribution >= 0.6 is 11.3 Å². The number of carbonyl (C=O) groups excluding carboxylic acids is 1. The van der Waals surface area contributed by atoms with Crippen molar-refractivity contribution in [1.29, 1.82) is 0 Å². The van der Waals surface area contributed by atoms with Crippen LogP contribution in [0.5, 0.6) is 5.75 Å². The molecule has 35 heavy (non-hydrogen) atoms. The van der Waals surface area contributed by atoms with Gasteiger partial charge < -0.3 is 4.74 Å². The van der Waals surface area contributed by atoms with E-state index in [-0.39, 0.29) is 12.1 Å². The largest absolute Gasteiger partial charge is 0.493 e. The lowest BCUT2D eigenvalue weighted by Crippen LogP contribution is -2.30. The van der Waals surface area contributed by atoms with Crippen LogP contribution in [0, 0.1) is 0 Å². The van der Waals surface area contributed by atoms with Crippen LogP contribution in [0.1, 0.15) is 12.5 Å². The summed E-state index contributed by atoms with van der Waals surface area (Å²) in [6.07, 6.45) is 2.97. The van der Waals surface area contributed by atoms with Gasteiger partial charge in [-0.25, -0.2) is 10.4 Å². The summed E-state index contributed by atoms with van der Waals surface area (Å²) in [5.41, 5.74) is 4.78. The summed E-state index contributed by atoms with van der Waals surface area (Å²) in [6.45, 7) is 2.23. The first-order valence-electron chi connectivity index (χ1n) is 11.1. The lowest BCUT2D eigenvalue weighted by atomic mass is 10.0. The molecule has 1 N–H and O–H groups in total. The normalized spacial score (nSPS) is 11.3. The highest BCUT2D eigenvalue weighted by atomic mass is 32.1. The van der Waals surface area contributed by atoms with Gasteiger partial charge in [0.25, 0.3) is 11.5 Å². The standard InChI is InChI=1S/C27H22N4O3S/c1-2-34-23-13-12-19-10-6-7-11-20(19)21(23)14-29-30-24(32)15-31-17-28-26-25(27(31)33)22(16-35-26)18-8-4-3-5-9-18/h3-14,16-17H,2,15H2,1H3,(H,30,32)/b29-14+. The average molecular weight is 483 g/mol. The van der Waals surface area contributed by atoms with Crippen molar-refractivity contribution in [3.8, 4) is 16.9 Å². The van der Waals surface area contributed by atoms with Gasteiger partial charge in [0, 0.05) is 16.5 Å². The number of fused-ring (bicyclic) bond motifs is 2. The lowest BCUT2D eigenvalue weighted by molar-refractivity contribution is -0.121. The predicted octanol–water partition coefficient (Wildman–Crippen LogP) is 4.83. The third-order valence-electron chi connectivity index (χ3n) is 5.57. The first-order chi connectivity index (χ1) is 17.2. The van der Waals surface area contributed by atoms with Gasteiger partial charge in [-0.15, -0.1) is 11.3 Å². The highest BCUT2D eigenvalue weighted by Crippen LogP contribution is 2.30. The molecule has 0 unspecified atom stereocenters. The Morgan fingerprint density at radius 2 is 1.91 bits per heavy atom. The van der Waals surface area contributed by atoms with Crippen molar-refractivity contribution in [2.45, 2.75) is 13.5 Å². The maximum Gasteiger partial charge on any atom is 0.263 e. The molecule has 2 heterocycles. The molecule has 0 bridgehead atoms. The molecular weight excluding hydrogens is 460 g/mol. The second-order valence-electron chi connectivity index (χ2n) is 7.80. The molecule has 3 aromatic carbocycles. The Hall–Kier alpha value is -4.30. The van der Waals surface area contributed by atoms with Crippen LogP contribution in [0.4, 0.5) is 0 Å². The van der Waals surface area contributed by atoms with E-state index in [1.165, 1.54) is 22.2 Å². The number of rotatable bonds is 7. The van der Waals surface area contributed by atoms with E-state index in [4.69, 9.17) is 4.74 Å². The molecule has 8 heteroatoms. The Balaban J connectivity index is 1.38. The molecule has 0 saturated carbocycles. The van der Waals surface area contributed by atoms with Crippen molar-refractivity contribution >= 4 is 44.4 Å². The zero-order valence-corrected chi connectivity index (χ0v) is 19.8. The van der Waals surface area contributed by atoms with Crippen molar-refractivity contribution in [2.75, 3.05) is 6.61 Å². The summed E-state index contributed by atoms with van der Waals surface area (Å²) in [5, 5.41) is 8.58. The number of benzene rings is 3. The van der Waals surface area contributed by atoms with Gasteiger partial charge in [-0.1, -0.05) is 60.7 Å². The van der Waals surface area contributed by atoms with Crippen molar-refractivity contribution in [2.24, 2.45) is 5.10 Å². The third kappa shape index (κ3) is 4.56. The molecule has 5 rings (SSSR count). The monoisotopic (exact) mass is 482 g/mol. The molecule has 0 aliphatic carbocycles. The lowest BCUT2D eigenvalue weighted by Gasteiger charge is -2.10. The second kappa shape index (κ2) is 9.90. The predicted molar refractivity (Wildman–Crippen MR) is 140 cm³/mol. The maximum absolute atomic E-state index is 13.2. The Morgan fingerprint density at radius 1 is 1.11 bits per heavy atom. The van der Waals surface area contributed by atoms with E-state index in [0.29, 0.717) is 22.6 Å². The van der Waals surface area contributed by atoms with Gasteiger partial charge in [-0.05, 0) is 29.3 Å². The molecule has 0 radical (unpaired) electrons. The minimum atomic E-state index is -0.431. The van der Waals surface area contributed by atoms with Crippen LogP contribution in [0.25, 0.3) is 32.1 Å². The quantitative estimate of drug-likeness (QED) is 0.266. The van der Waals surface area contributed by atoms with E-state index in [0.717, 1.165) is 27.5 Å². The van der Waals surface area contributed by atoms with Gasteiger partial charge in [0.1, 0.15) is 17.1 Å². The summed E-state index contributed by atoms with van der Waals surface area (Å²) in [7, 11) is 0. The molecule has 174 valence electrons. The fourth-order valence-corrected chi connectivity index (χ4v) is 4.87. The molecular formula is C27H22N4O3S. The molecule has 0 saturated heterocycles. The molecule has 0 aliphatic heterocycles. The first-order valence-corrected chi connectivity index (χ1v) is 12.0. The number of nitrogens with zero attached hydrogens (tertiary/aromatic N) is 3. The third-order valence-corrected chi connectivity index (χ3v) is 6.46. The number of carbonyl (C=O) groups is 1. The van der Waals surface area contributed by atoms with Crippen LogP contribution in [-0.4, -0.2) is 28.3 Å². The van der Waals surface area contributed by atoms with Gasteiger partial charge in [0.15, 0.2) is 0 Å². The van der Waals surface area contributed by atoms with E-state index in [1.807, 2.05) is 79.0 Å². The first kappa shape index (κ1) is 22.5. The molecule has 2 aromatic heterocycles. The number of thiophene rings is 1. The number of ether oxygens (including phenoxy) is 1. The van der Waals surface area contributed by atoms with Crippen LogP contribution in [0.3, 0.4) is 0 Å². The Morgan fingerprint density at radius 3 is 2.74 bits per heavy atom. The van der Waals surface area contributed by atoms with Crippen molar-refractivity contribution in [3.05, 3.63) is 94.4 Å². The number of nitrogens with one attached hydrogen (secondary N) is 1. The van der Waals surface area contributed by atoms with Crippen molar-refractivity contribution in [1.82, 2.24) is 15.0 Å². The number of hydrogen-bond donors (Lipinski definition) is 1. The fraction of sp³-hybridized carbons (Fsp3) is 0.111. The van der Waals surface area contributed by atoms with Gasteiger partial charge in [-0.3, -0.25) is 14.2 Å². The van der Waals surface area contributed by atoms with Gasteiger partial charge >= 0.3 is 0 Å². The van der Waals surface area contributed by atoms with E-state index < -0.39 is 5.91 Å². The second-order valence-corrected chi connectivity index (χ2v) is 8.66. The van der Waals surface area contributed by atoms with Gasteiger partial charge in [0.05, 0.1) is 24.5 Å². The number of aromatic nitrogens is 2. The zero-order valence-electron chi connectivity index (χ0n) is 19.0. The highest BCUT2D eigenvalue weighted by molar-refractivity contribution is 7.17. The molecule has 0 aliphatic rings. The number of hydrogen-bond acceptors (Lipinski definition) is 6. The van der Waals surface area contributed by atoms with Crippen molar-refractivity contribution < 1.29 is 9.53 Å². The Kier molecular flexibility index (Phi) is 6.36. The van der Waals surface area contributed by atoms with Crippen LogP contribution in [0.2, 0.25) is 0 Å². The summed E-state index contributed by atoms with van der Waals surface area (Å²) in [5.74, 6) is 0.250.